The molecule has 1 N–H and O–H groups in total. The Hall–Kier alpha value is -1.30. The van der Waals surface area contributed by atoms with Gasteiger partial charge in [0, 0.05) is 19.6 Å². The lowest BCUT2D eigenvalue weighted by Gasteiger charge is -2.27. The molecule has 1 atom stereocenters. The minimum absolute atomic E-state index is 0.267. The second-order valence-corrected chi connectivity index (χ2v) is 4.87. The van der Waals surface area contributed by atoms with E-state index < -0.39 is 6.10 Å². The van der Waals surface area contributed by atoms with E-state index in [1.54, 1.807) is 0 Å². The molecule has 0 aromatic heterocycles. The van der Waals surface area contributed by atoms with Gasteiger partial charge >= 0.3 is 0 Å². The summed E-state index contributed by atoms with van der Waals surface area (Å²) in [5.74, 6) is 1.48. The molecule has 19 heavy (non-hydrogen) atoms. The van der Waals surface area contributed by atoms with Crippen molar-refractivity contribution in [2.75, 3.05) is 39.6 Å². The molecular formula is C14H19NO4. The van der Waals surface area contributed by atoms with E-state index >= 15 is 0 Å². The van der Waals surface area contributed by atoms with Crippen molar-refractivity contribution in [2.24, 2.45) is 0 Å². The van der Waals surface area contributed by atoms with Crippen LogP contribution in [0.4, 0.5) is 0 Å². The quantitative estimate of drug-likeness (QED) is 0.885. The van der Waals surface area contributed by atoms with E-state index in [-0.39, 0.29) is 6.79 Å². The van der Waals surface area contributed by atoms with Crippen molar-refractivity contribution in [3.8, 4) is 11.5 Å². The molecule has 2 aliphatic heterocycles. The Bertz CT molecular complexity index is 431. The van der Waals surface area contributed by atoms with Crippen molar-refractivity contribution < 1.29 is 19.3 Å². The summed E-state index contributed by atoms with van der Waals surface area (Å²) in [5.41, 5.74) is 0.887. The molecule has 3 rings (SSSR count). The maximum atomic E-state index is 10.2. The molecular weight excluding hydrogens is 246 g/mol. The first-order valence-electron chi connectivity index (χ1n) is 6.70. The first kappa shape index (κ1) is 12.7. The smallest absolute Gasteiger partial charge is 0.231 e. The summed E-state index contributed by atoms with van der Waals surface area (Å²) in [6, 6.07) is 5.62. The number of morpholine rings is 1. The molecule has 1 unspecified atom stereocenters. The van der Waals surface area contributed by atoms with Gasteiger partial charge in [0.05, 0.1) is 19.3 Å². The molecule has 2 aliphatic rings. The Morgan fingerprint density at radius 1 is 1.16 bits per heavy atom. The average Bonchev–Trinajstić information content (AvgIpc) is 2.93. The summed E-state index contributed by atoms with van der Waals surface area (Å²) >= 11 is 0. The van der Waals surface area contributed by atoms with Gasteiger partial charge in [-0.25, -0.2) is 0 Å². The number of nitrogens with zero attached hydrogens (tertiary/aromatic N) is 1. The van der Waals surface area contributed by atoms with Gasteiger partial charge in [-0.05, 0) is 24.1 Å². The van der Waals surface area contributed by atoms with Crippen molar-refractivity contribution in [1.82, 2.24) is 4.90 Å². The number of ether oxygens (including phenoxy) is 3. The van der Waals surface area contributed by atoms with Gasteiger partial charge in [-0.1, -0.05) is 6.07 Å². The molecule has 1 saturated heterocycles. The summed E-state index contributed by atoms with van der Waals surface area (Å²) in [5, 5.41) is 10.2. The highest BCUT2D eigenvalue weighted by atomic mass is 16.7. The summed E-state index contributed by atoms with van der Waals surface area (Å²) in [6.07, 6.45) is 0.261. The van der Waals surface area contributed by atoms with E-state index in [0.29, 0.717) is 0 Å². The summed E-state index contributed by atoms with van der Waals surface area (Å²) in [6.45, 7) is 4.64. The van der Waals surface area contributed by atoms with Crippen LogP contribution in [0.2, 0.25) is 0 Å². The van der Waals surface area contributed by atoms with Crippen molar-refractivity contribution in [1.29, 1.82) is 0 Å². The first-order chi connectivity index (χ1) is 9.33. The number of aliphatic hydroxyl groups excluding tert-OH is 1. The highest BCUT2D eigenvalue weighted by Gasteiger charge is 2.18. The average molecular weight is 265 g/mol. The van der Waals surface area contributed by atoms with Crippen LogP contribution in [0.15, 0.2) is 18.2 Å². The first-order valence-corrected chi connectivity index (χ1v) is 6.70. The molecule has 5 heteroatoms. The normalized spacial score (nSPS) is 20.5. The van der Waals surface area contributed by atoms with Crippen LogP contribution in [0.25, 0.3) is 0 Å². The number of hydrogen-bond donors (Lipinski definition) is 1. The maximum Gasteiger partial charge on any atom is 0.231 e. The molecule has 0 aliphatic carbocycles. The predicted octanol–water partition coefficient (Wildman–Crippen LogP) is 1.17. The van der Waals surface area contributed by atoms with Gasteiger partial charge in [-0.15, -0.1) is 0 Å². The van der Waals surface area contributed by atoms with E-state index in [1.807, 2.05) is 18.2 Å². The van der Waals surface area contributed by atoms with E-state index in [9.17, 15) is 5.11 Å². The summed E-state index contributed by atoms with van der Waals surface area (Å²) in [7, 11) is 0. The molecule has 0 radical (unpaired) electrons. The second kappa shape index (κ2) is 5.77. The lowest BCUT2D eigenvalue weighted by Crippen LogP contribution is -2.37. The van der Waals surface area contributed by atoms with Gasteiger partial charge in [0.1, 0.15) is 0 Å². The number of benzene rings is 1. The van der Waals surface area contributed by atoms with E-state index in [4.69, 9.17) is 14.2 Å². The van der Waals surface area contributed by atoms with Crippen molar-refractivity contribution in [3.63, 3.8) is 0 Å². The molecule has 0 saturated carbocycles. The van der Waals surface area contributed by atoms with Crippen LogP contribution in [0.3, 0.4) is 0 Å². The van der Waals surface area contributed by atoms with Crippen molar-refractivity contribution >= 4 is 0 Å². The van der Waals surface area contributed by atoms with Gasteiger partial charge in [0.15, 0.2) is 11.5 Å². The van der Waals surface area contributed by atoms with E-state index in [2.05, 4.69) is 4.90 Å². The zero-order chi connectivity index (χ0) is 13.1. The number of aliphatic hydroxyl groups is 1. The second-order valence-electron chi connectivity index (χ2n) is 4.87. The third-order valence-electron chi connectivity index (χ3n) is 3.60. The number of fused-ring (bicyclic) bond motifs is 1. The molecule has 104 valence electrons. The molecule has 1 aromatic carbocycles. The van der Waals surface area contributed by atoms with Crippen LogP contribution < -0.4 is 9.47 Å². The predicted molar refractivity (Wildman–Crippen MR) is 69.4 cm³/mol. The molecule has 1 fully saturated rings. The fourth-order valence-corrected chi connectivity index (χ4v) is 2.42. The third-order valence-corrected chi connectivity index (χ3v) is 3.60. The number of rotatable bonds is 4. The van der Waals surface area contributed by atoms with Crippen LogP contribution >= 0.6 is 0 Å². The highest BCUT2D eigenvalue weighted by Crippen LogP contribution is 2.34. The minimum Gasteiger partial charge on any atom is -0.454 e. The summed E-state index contributed by atoms with van der Waals surface area (Å²) < 4.78 is 15.9. The molecule has 0 spiro atoms. The van der Waals surface area contributed by atoms with Crippen LogP contribution in [0, 0.1) is 0 Å². The molecule has 0 amide bonds. The Morgan fingerprint density at radius 2 is 1.95 bits per heavy atom. The fourth-order valence-electron chi connectivity index (χ4n) is 2.42. The molecule has 1 aromatic rings. The zero-order valence-corrected chi connectivity index (χ0v) is 10.9. The molecule has 2 heterocycles. The monoisotopic (exact) mass is 265 g/mol. The fraction of sp³-hybridized carbons (Fsp3) is 0.571. The Morgan fingerprint density at radius 3 is 2.79 bits per heavy atom. The van der Waals surface area contributed by atoms with Crippen LogP contribution in [0.5, 0.6) is 11.5 Å². The van der Waals surface area contributed by atoms with Gasteiger partial charge in [0.25, 0.3) is 0 Å². The van der Waals surface area contributed by atoms with Crippen LogP contribution in [0.1, 0.15) is 18.1 Å². The Balaban J connectivity index is 1.56. The molecule has 5 nitrogen and oxygen atoms in total. The van der Waals surface area contributed by atoms with Crippen LogP contribution in [-0.4, -0.2) is 49.6 Å². The minimum atomic E-state index is -0.461. The third kappa shape index (κ3) is 3.00. The van der Waals surface area contributed by atoms with Gasteiger partial charge in [0.2, 0.25) is 6.79 Å². The highest BCUT2D eigenvalue weighted by molar-refractivity contribution is 5.45. The zero-order valence-electron chi connectivity index (χ0n) is 10.9. The SMILES string of the molecule is OC(CCN1CCOCC1)c1ccc2c(c1)OCO2. The lowest BCUT2D eigenvalue weighted by molar-refractivity contribution is 0.0300. The largest absolute Gasteiger partial charge is 0.454 e. The molecule has 0 bridgehead atoms. The standard InChI is InChI=1S/C14H19NO4/c16-12(3-4-15-5-7-17-8-6-15)11-1-2-13-14(9-11)19-10-18-13/h1-2,9,12,16H,3-8,10H2. The van der Waals surface area contributed by atoms with Gasteiger partial charge in [-0.2, -0.15) is 0 Å². The van der Waals surface area contributed by atoms with Crippen molar-refractivity contribution in [3.05, 3.63) is 23.8 Å². The lowest BCUT2D eigenvalue weighted by atomic mass is 10.1. The topological polar surface area (TPSA) is 51.2 Å². The number of hydrogen-bond acceptors (Lipinski definition) is 5. The van der Waals surface area contributed by atoms with Gasteiger partial charge < -0.3 is 19.3 Å². The maximum absolute atomic E-state index is 10.2. The Kier molecular flexibility index (Phi) is 3.87. The van der Waals surface area contributed by atoms with Crippen molar-refractivity contribution in [2.45, 2.75) is 12.5 Å². The summed E-state index contributed by atoms with van der Waals surface area (Å²) in [4.78, 5) is 2.32. The van der Waals surface area contributed by atoms with E-state index in [0.717, 1.165) is 56.3 Å². The van der Waals surface area contributed by atoms with Crippen LogP contribution in [-0.2, 0) is 4.74 Å². The Labute approximate surface area is 112 Å². The van der Waals surface area contributed by atoms with E-state index in [1.165, 1.54) is 0 Å². The van der Waals surface area contributed by atoms with Gasteiger partial charge in [-0.3, -0.25) is 4.90 Å².